The van der Waals surface area contributed by atoms with Crippen molar-refractivity contribution in [3.63, 3.8) is 0 Å². The topological polar surface area (TPSA) is 98.5 Å². The Balaban J connectivity index is 1.66. The number of aliphatic hydroxyl groups is 1. The number of ether oxygens (including phenoxy) is 1. The number of rotatable bonds is 6. The molecule has 4 rings (SSSR count). The van der Waals surface area contributed by atoms with E-state index in [0.29, 0.717) is 30.9 Å². The zero-order valence-electron chi connectivity index (χ0n) is 18.0. The molecule has 11 heteroatoms. The molecule has 0 saturated carbocycles. The Bertz CT molecular complexity index is 1290. The molecule has 1 unspecified atom stereocenters. The molecule has 35 heavy (non-hydrogen) atoms. The number of nitrogens with one attached hydrogen (secondary N) is 1. The maximum absolute atomic E-state index is 14.1. The minimum atomic E-state index is -3.86. The third-order valence-corrected chi connectivity index (χ3v) is 5.41. The van der Waals surface area contributed by atoms with Crippen molar-refractivity contribution in [2.45, 2.75) is 18.1 Å². The minimum Gasteiger partial charge on any atom is -0.420 e. The van der Waals surface area contributed by atoms with Crippen molar-refractivity contribution in [3.8, 4) is 22.9 Å². The predicted octanol–water partition coefficient (Wildman–Crippen LogP) is 4.75. The summed E-state index contributed by atoms with van der Waals surface area (Å²) in [5.41, 5.74) is -2.65. The maximum Gasteiger partial charge on any atom is 0.487 e. The van der Waals surface area contributed by atoms with Crippen molar-refractivity contribution in [1.82, 2.24) is 4.98 Å². The lowest BCUT2D eigenvalue weighted by molar-refractivity contribution is -0.0964. The van der Waals surface area contributed by atoms with Gasteiger partial charge in [-0.05, 0) is 55.0 Å². The highest BCUT2D eigenvalue weighted by molar-refractivity contribution is 6.20. The minimum absolute atomic E-state index is 0.115. The van der Waals surface area contributed by atoms with Crippen molar-refractivity contribution in [1.29, 1.82) is 5.26 Å². The number of halogens is 4. The number of carbonyl (C=O) groups is 1. The summed E-state index contributed by atoms with van der Waals surface area (Å²) in [7, 11) is 0. The van der Waals surface area contributed by atoms with Crippen LogP contribution in [0.15, 0.2) is 54.7 Å². The third kappa shape index (κ3) is 5.82. The Hall–Kier alpha value is -3.81. The first-order valence-electron chi connectivity index (χ1n) is 10.4. The van der Waals surface area contributed by atoms with Crippen molar-refractivity contribution in [2.24, 2.45) is 0 Å². The highest BCUT2D eigenvalue weighted by Crippen LogP contribution is 2.35. The van der Waals surface area contributed by atoms with E-state index in [1.54, 1.807) is 4.90 Å². The average Bonchev–Trinajstić information content (AvgIpc) is 3.25. The summed E-state index contributed by atoms with van der Waals surface area (Å²) in [6.45, 7) is 0.804. The highest BCUT2D eigenvalue weighted by atomic mass is 35.5. The number of aromatic nitrogens is 1. The van der Waals surface area contributed by atoms with Gasteiger partial charge in [-0.2, -0.15) is 5.26 Å². The Morgan fingerprint density at radius 2 is 1.97 bits per heavy atom. The SMILES string of the molecule is N#Cc1ccc(F)cc1-c1cc(C(=O)Nc2ccc(OC(F)(F)Cl)cc2)cnc1N1CCC(O)C1. The summed E-state index contributed by atoms with van der Waals surface area (Å²) in [6.07, 6.45) is 1.30. The standard InChI is InChI=1S/C24H18ClF3N4O3/c25-24(27,28)35-19-5-3-17(4-6-19)31-23(34)15-9-21(20-10-16(26)2-1-14(20)11-29)22(30-12-15)32-8-7-18(33)13-32/h1-6,9-10,12,18,33H,7-8,13H2,(H,31,34). The predicted molar refractivity (Wildman–Crippen MR) is 123 cm³/mol. The molecule has 7 nitrogen and oxygen atoms in total. The van der Waals surface area contributed by atoms with Gasteiger partial charge in [-0.25, -0.2) is 9.37 Å². The molecule has 2 aromatic carbocycles. The molecule has 180 valence electrons. The fourth-order valence-electron chi connectivity index (χ4n) is 3.75. The molecule has 0 spiro atoms. The van der Waals surface area contributed by atoms with Gasteiger partial charge in [0.2, 0.25) is 0 Å². The Kier molecular flexibility index (Phi) is 6.82. The molecule has 1 amide bonds. The van der Waals surface area contributed by atoms with Crippen LogP contribution in [0.4, 0.5) is 24.7 Å². The molecule has 1 aliphatic heterocycles. The fourth-order valence-corrected chi connectivity index (χ4v) is 3.84. The van der Waals surface area contributed by atoms with Gasteiger partial charge in [-0.3, -0.25) is 4.79 Å². The first kappa shape index (κ1) is 24.3. The van der Waals surface area contributed by atoms with Crippen LogP contribution >= 0.6 is 11.6 Å². The average molecular weight is 503 g/mol. The molecule has 1 saturated heterocycles. The van der Waals surface area contributed by atoms with E-state index in [4.69, 9.17) is 11.6 Å². The van der Waals surface area contributed by atoms with Crippen LogP contribution in [0.25, 0.3) is 11.1 Å². The van der Waals surface area contributed by atoms with Crippen LogP contribution in [-0.4, -0.2) is 40.8 Å². The number of hydrogen-bond donors (Lipinski definition) is 2. The van der Waals surface area contributed by atoms with Crippen LogP contribution in [0, 0.1) is 17.1 Å². The van der Waals surface area contributed by atoms with Gasteiger partial charge in [0.05, 0.1) is 23.3 Å². The molecule has 2 N–H and O–H groups in total. The molecule has 3 aromatic rings. The number of β-amino-alcohol motifs (C(OH)–C–C–N with tert-alkyl or cyclic N) is 1. The molecule has 2 heterocycles. The van der Waals surface area contributed by atoms with Crippen LogP contribution < -0.4 is 15.0 Å². The monoisotopic (exact) mass is 502 g/mol. The van der Waals surface area contributed by atoms with Gasteiger partial charge in [0, 0.05) is 47.7 Å². The molecule has 1 aromatic heterocycles. The smallest absolute Gasteiger partial charge is 0.420 e. The van der Waals surface area contributed by atoms with Crippen molar-refractivity contribution >= 4 is 29.0 Å². The number of nitrogens with zero attached hydrogens (tertiary/aromatic N) is 3. The van der Waals surface area contributed by atoms with Gasteiger partial charge in [0.1, 0.15) is 17.4 Å². The largest absolute Gasteiger partial charge is 0.487 e. The lowest BCUT2D eigenvalue weighted by Gasteiger charge is -2.21. The Morgan fingerprint density at radius 3 is 2.60 bits per heavy atom. The summed E-state index contributed by atoms with van der Waals surface area (Å²) in [4.78, 5) is 19.1. The van der Waals surface area contributed by atoms with Crippen LogP contribution in [0.3, 0.4) is 0 Å². The zero-order valence-corrected chi connectivity index (χ0v) is 18.8. The normalized spacial score (nSPS) is 15.5. The number of pyridine rings is 1. The van der Waals surface area contributed by atoms with Crippen LogP contribution in [0.2, 0.25) is 0 Å². The van der Waals surface area contributed by atoms with E-state index in [1.165, 1.54) is 54.7 Å². The Labute approximate surface area is 203 Å². The number of anilines is 2. The maximum atomic E-state index is 14.1. The van der Waals surface area contributed by atoms with E-state index in [-0.39, 0.29) is 28.1 Å². The number of alkyl halides is 3. The molecule has 1 aliphatic rings. The number of benzene rings is 2. The summed E-state index contributed by atoms with van der Waals surface area (Å²) in [6, 6.07) is 12.3. The van der Waals surface area contributed by atoms with E-state index in [9.17, 15) is 28.3 Å². The van der Waals surface area contributed by atoms with Crippen molar-refractivity contribution < 1.29 is 27.8 Å². The second kappa shape index (κ2) is 9.82. The van der Waals surface area contributed by atoms with Crippen molar-refractivity contribution in [3.05, 3.63) is 71.7 Å². The van der Waals surface area contributed by atoms with E-state index >= 15 is 0 Å². The van der Waals surface area contributed by atoms with Gasteiger partial charge in [-0.15, -0.1) is 8.78 Å². The second-order valence-corrected chi connectivity index (χ2v) is 8.25. The molecule has 1 atom stereocenters. The fraction of sp³-hybridized carbons (Fsp3) is 0.208. The lowest BCUT2D eigenvalue weighted by atomic mass is 9.98. The molecule has 0 bridgehead atoms. The number of amides is 1. The third-order valence-electron chi connectivity index (χ3n) is 5.33. The molecular formula is C24H18ClF3N4O3. The second-order valence-electron chi connectivity index (χ2n) is 7.81. The van der Waals surface area contributed by atoms with E-state index in [0.717, 1.165) is 0 Å². The van der Waals surface area contributed by atoms with Crippen LogP contribution in [0.5, 0.6) is 5.75 Å². The molecule has 0 aliphatic carbocycles. The van der Waals surface area contributed by atoms with Crippen molar-refractivity contribution in [2.75, 3.05) is 23.3 Å². The van der Waals surface area contributed by atoms with E-state index in [2.05, 4.69) is 15.0 Å². The summed E-state index contributed by atoms with van der Waals surface area (Å²) < 4.78 is 43.9. The zero-order chi connectivity index (χ0) is 25.2. The van der Waals surface area contributed by atoms with E-state index in [1.807, 2.05) is 6.07 Å². The summed E-state index contributed by atoms with van der Waals surface area (Å²) >= 11 is 4.74. The van der Waals surface area contributed by atoms with Crippen LogP contribution in [-0.2, 0) is 0 Å². The quantitative estimate of drug-likeness (QED) is 0.472. The van der Waals surface area contributed by atoms with Crippen LogP contribution in [0.1, 0.15) is 22.3 Å². The first-order valence-corrected chi connectivity index (χ1v) is 10.8. The highest BCUT2D eigenvalue weighted by Gasteiger charge is 2.28. The molecular weight excluding hydrogens is 485 g/mol. The lowest BCUT2D eigenvalue weighted by Crippen LogP contribution is -2.23. The van der Waals surface area contributed by atoms with Gasteiger partial charge >= 0.3 is 5.57 Å². The summed E-state index contributed by atoms with van der Waals surface area (Å²) in [5, 5.41) is 22.1. The number of hydrogen-bond acceptors (Lipinski definition) is 6. The van der Waals surface area contributed by atoms with E-state index < -0.39 is 23.4 Å². The van der Waals surface area contributed by atoms with Gasteiger partial charge in [0.25, 0.3) is 5.91 Å². The number of aliphatic hydroxyl groups excluding tert-OH is 1. The van der Waals surface area contributed by atoms with Gasteiger partial charge in [0.15, 0.2) is 0 Å². The summed E-state index contributed by atoms with van der Waals surface area (Å²) in [5.74, 6) is -0.924. The van der Waals surface area contributed by atoms with Gasteiger partial charge in [-0.1, -0.05) is 0 Å². The van der Waals surface area contributed by atoms with Gasteiger partial charge < -0.3 is 20.1 Å². The molecule has 1 fully saturated rings. The number of carbonyl (C=O) groups excluding carboxylic acids is 1. The number of nitriles is 1. The molecule has 0 radical (unpaired) electrons. The Morgan fingerprint density at radius 1 is 1.23 bits per heavy atom. The first-order chi connectivity index (χ1) is 16.6.